The summed E-state index contributed by atoms with van der Waals surface area (Å²) < 4.78 is 1.79. The number of aryl methyl sites for hydroxylation is 1. The second-order valence-corrected chi connectivity index (χ2v) is 4.77. The quantitative estimate of drug-likeness (QED) is 0.778. The lowest BCUT2D eigenvalue weighted by atomic mass is 10.2. The number of rotatable bonds is 3. The van der Waals surface area contributed by atoms with Gasteiger partial charge in [-0.1, -0.05) is 18.2 Å². The Hall–Kier alpha value is -3.15. The molecule has 6 nitrogen and oxygen atoms in total. The first-order chi connectivity index (χ1) is 10.7. The number of para-hydroxylation sites is 1. The second-order valence-electron chi connectivity index (χ2n) is 4.77. The number of hydrogen-bond acceptors (Lipinski definition) is 3. The van der Waals surface area contributed by atoms with Gasteiger partial charge in [0.25, 0.3) is 0 Å². The summed E-state index contributed by atoms with van der Waals surface area (Å²) in [6, 6.07) is 10.9. The smallest absolute Gasteiger partial charge is 0.307 e. The van der Waals surface area contributed by atoms with Gasteiger partial charge < -0.3 is 10.6 Å². The summed E-state index contributed by atoms with van der Waals surface area (Å²) in [6.45, 7) is 1.94. The van der Waals surface area contributed by atoms with Gasteiger partial charge in [-0.05, 0) is 30.7 Å². The molecule has 0 bridgehead atoms. The molecule has 0 saturated heterocycles. The summed E-state index contributed by atoms with van der Waals surface area (Å²) in [5.41, 5.74) is 2.41. The molecule has 6 heteroatoms. The lowest BCUT2D eigenvalue weighted by Gasteiger charge is -2.10. The summed E-state index contributed by atoms with van der Waals surface area (Å²) in [4.78, 5) is 20.2. The van der Waals surface area contributed by atoms with Crippen molar-refractivity contribution < 1.29 is 4.79 Å². The van der Waals surface area contributed by atoms with Crippen LogP contribution in [0.4, 0.5) is 16.2 Å². The average molecular weight is 293 g/mol. The molecule has 0 aliphatic carbocycles. The van der Waals surface area contributed by atoms with Crippen LogP contribution in [0.25, 0.3) is 5.82 Å². The number of nitrogens with zero attached hydrogens (tertiary/aromatic N) is 3. The Balaban J connectivity index is 1.66. The van der Waals surface area contributed by atoms with Crippen LogP contribution in [-0.4, -0.2) is 20.6 Å². The van der Waals surface area contributed by atoms with Crippen LogP contribution in [0.1, 0.15) is 5.56 Å². The lowest BCUT2D eigenvalue weighted by Crippen LogP contribution is -2.20. The van der Waals surface area contributed by atoms with Crippen LogP contribution in [0, 0.1) is 6.92 Å². The number of carbonyl (C=O) groups excluding carboxylic acids is 1. The van der Waals surface area contributed by atoms with Crippen molar-refractivity contribution in [3.05, 3.63) is 66.9 Å². The molecule has 2 heterocycles. The van der Waals surface area contributed by atoms with Crippen LogP contribution in [0.3, 0.4) is 0 Å². The zero-order valence-electron chi connectivity index (χ0n) is 12.0. The summed E-state index contributed by atoms with van der Waals surface area (Å²) >= 11 is 0. The van der Waals surface area contributed by atoms with Crippen molar-refractivity contribution in [1.82, 2.24) is 14.5 Å². The Bertz CT molecular complexity index is 765. The molecule has 0 unspecified atom stereocenters. The fraction of sp³-hybridized carbons (Fsp3) is 0.0625. The molecule has 3 rings (SSSR count). The zero-order valence-corrected chi connectivity index (χ0v) is 12.0. The largest absolute Gasteiger partial charge is 0.323 e. The van der Waals surface area contributed by atoms with E-state index in [1.54, 1.807) is 35.6 Å². The number of benzene rings is 1. The predicted molar refractivity (Wildman–Crippen MR) is 85.2 cm³/mol. The maximum atomic E-state index is 12.0. The number of amides is 2. The Morgan fingerprint density at radius 3 is 2.68 bits per heavy atom. The molecular weight excluding hydrogens is 278 g/mol. The Labute approximate surface area is 127 Å². The van der Waals surface area contributed by atoms with E-state index in [1.165, 1.54) is 0 Å². The van der Waals surface area contributed by atoms with Crippen LogP contribution in [0.5, 0.6) is 0 Å². The molecule has 0 saturated carbocycles. The molecule has 3 aromatic rings. The van der Waals surface area contributed by atoms with Gasteiger partial charge in [-0.2, -0.15) is 0 Å². The van der Waals surface area contributed by atoms with Crippen molar-refractivity contribution in [2.24, 2.45) is 0 Å². The van der Waals surface area contributed by atoms with Gasteiger partial charge in [0.2, 0.25) is 0 Å². The molecule has 0 aliphatic heterocycles. The van der Waals surface area contributed by atoms with E-state index >= 15 is 0 Å². The number of anilines is 2. The van der Waals surface area contributed by atoms with Gasteiger partial charge in [0, 0.05) is 18.1 Å². The van der Waals surface area contributed by atoms with Crippen LogP contribution in [-0.2, 0) is 0 Å². The highest BCUT2D eigenvalue weighted by Crippen LogP contribution is 2.14. The molecule has 1 aromatic carbocycles. The SMILES string of the molecule is Cc1ccccc1NC(=O)Nc1ccc(-n2ccnc2)nc1. The molecule has 2 aromatic heterocycles. The van der Waals surface area contributed by atoms with Gasteiger partial charge in [-0.3, -0.25) is 4.57 Å². The van der Waals surface area contributed by atoms with Gasteiger partial charge in [0.15, 0.2) is 0 Å². The van der Waals surface area contributed by atoms with Gasteiger partial charge in [0.05, 0.1) is 11.9 Å². The highest BCUT2D eigenvalue weighted by atomic mass is 16.2. The number of imidazole rings is 1. The van der Waals surface area contributed by atoms with E-state index in [1.807, 2.05) is 37.3 Å². The van der Waals surface area contributed by atoms with Crippen LogP contribution >= 0.6 is 0 Å². The summed E-state index contributed by atoms with van der Waals surface area (Å²) in [5, 5.41) is 5.56. The topological polar surface area (TPSA) is 71.8 Å². The number of aromatic nitrogens is 3. The van der Waals surface area contributed by atoms with Crippen molar-refractivity contribution >= 4 is 17.4 Å². The third-order valence-electron chi connectivity index (χ3n) is 3.17. The standard InChI is InChI=1S/C16H15N5O/c1-12-4-2-3-5-14(12)20-16(22)19-13-6-7-15(18-10-13)21-9-8-17-11-21/h2-11H,1H3,(H2,19,20,22). The summed E-state index contributed by atoms with van der Waals surface area (Å²) in [6.07, 6.45) is 6.76. The van der Waals surface area contributed by atoms with Gasteiger partial charge in [-0.15, -0.1) is 0 Å². The molecule has 2 N–H and O–H groups in total. The van der Waals surface area contributed by atoms with Crippen LogP contribution < -0.4 is 10.6 Å². The molecule has 0 atom stereocenters. The first-order valence-corrected chi connectivity index (χ1v) is 6.80. The number of carbonyl (C=O) groups is 1. The van der Waals surface area contributed by atoms with Crippen molar-refractivity contribution in [2.75, 3.05) is 10.6 Å². The number of pyridine rings is 1. The first kappa shape index (κ1) is 13.8. The van der Waals surface area contributed by atoms with E-state index in [4.69, 9.17) is 0 Å². The molecule has 0 spiro atoms. The highest BCUT2D eigenvalue weighted by Gasteiger charge is 2.05. The molecular formula is C16H15N5O. The van der Waals surface area contributed by atoms with Crippen molar-refractivity contribution in [3.8, 4) is 5.82 Å². The molecule has 2 amide bonds. The number of nitrogens with one attached hydrogen (secondary N) is 2. The molecule has 0 radical (unpaired) electrons. The second kappa shape index (κ2) is 6.09. The number of urea groups is 1. The third-order valence-corrected chi connectivity index (χ3v) is 3.17. The molecule has 110 valence electrons. The Morgan fingerprint density at radius 1 is 1.14 bits per heavy atom. The van der Waals surface area contributed by atoms with E-state index < -0.39 is 0 Å². The normalized spacial score (nSPS) is 10.2. The maximum absolute atomic E-state index is 12.0. The van der Waals surface area contributed by atoms with E-state index in [0.717, 1.165) is 17.1 Å². The first-order valence-electron chi connectivity index (χ1n) is 6.80. The van der Waals surface area contributed by atoms with E-state index in [2.05, 4.69) is 20.6 Å². The summed E-state index contributed by atoms with van der Waals surface area (Å²) in [5.74, 6) is 0.738. The minimum Gasteiger partial charge on any atom is -0.307 e. The van der Waals surface area contributed by atoms with Gasteiger partial charge in [0.1, 0.15) is 12.1 Å². The van der Waals surface area contributed by atoms with Gasteiger partial charge >= 0.3 is 6.03 Å². The summed E-state index contributed by atoms with van der Waals surface area (Å²) in [7, 11) is 0. The molecule has 22 heavy (non-hydrogen) atoms. The molecule has 0 fully saturated rings. The zero-order chi connectivity index (χ0) is 15.4. The van der Waals surface area contributed by atoms with Crippen LogP contribution in [0.15, 0.2) is 61.3 Å². The lowest BCUT2D eigenvalue weighted by molar-refractivity contribution is 0.262. The predicted octanol–water partition coefficient (Wildman–Crippen LogP) is 3.22. The van der Waals surface area contributed by atoms with Gasteiger partial charge in [-0.25, -0.2) is 14.8 Å². The maximum Gasteiger partial charge on any atom is 0.323 e. The van der Waals surface area contributed by atoms with E-state index in [0.29, 0.717) is 5.69 Å². The Morgan fingerprint density at radius 2 is 2.00 bits per heavy atom. The number of hydrogen-bond donors (Lipinski definition) is 2. The highest BCUT2D eigenvalue weighted by molar-refractivity contribution is 6.00. The molecule has 0 aliphatic rings. The van der Waals surface area contributed by atoms with Crippen molar-refractivity contribution in [3.63, 3.8) is 0 Å². The van der Waals surface area contributed by atoms with Crippen molar-refractivity contribution in [2.45, 2.75) is 6.92 Å². The van der Waals surface area contributed by atoms with E-state index in [-0.39, 0.29) is 6.03 Å². The Kier molecular flexibility index (Phi) is 3.82. The van der Waals surface area contributed by atoms with Crippen LogP contribution in [0.2, 0.25) is 0 Å². The third kappa shape index (κ3) is 3.12. The fourth-order valence-corrected chi connectivity index (χ4v) is 2.01. The van der Waals surface area contributed by atoms with E-state index in [9.17, 15) is 4.79 Å². The minimum atomic E-state index is -0.300. The fourth-order valence-electron chi connectivity index (χ4n) is 2.01. The minimum absolute atomic E-state index is 0.300. The average Bonchev–Trinajstić information content (AvgIpc) is 3.05. The van der Waals surface area contributed by atoms with Crippen molar-refractivity contribution in [1.29, 1.82) is 0 Å². The monoisotopic (exact) mass is 293 g/mol.